The topological polar surface area (TPSA) is 21.8 Å². The van der Waals surface area contributed by atoms with Gasteiger partial charge in [0, 0.05) is 0 Å². The van der Waals surface area contributed by atoms with Crippen LogP contribution < -0.4 is 4.74 Å². The third-order valence-electron chi connectivity index (χ3n) is 4.23. The van der Waals surface area contributed by atoms with Crippen molar-refractivity contribution >= 4 is 0 Å². The van der Waals surface area contributed by atoms with Crippen LogP contribution in [0.1, 0.15) is 62.6 Å². The van der Waals surface area contributed by atoms with E-state index in [4.69, 9.17) is 9.47 Å². The highest BCUT2D eigenvalue weighted by atomic mass is 16.6. The van der Waals surface area contributed by atoms with Gasteiger partial charge in [0.1, 0.15) is 5.75 Å². The van der Waals surface area contributed by atoms with Crippen molar-refractivity contribution < 1.29 is 9.47 Å². The van der Waals surface area contributed by atoms with Gasteiger partial charge in [0.15, 0.2) is 0 Å². The van der Waals surface area contributed by atoms with Gasteiger partial charge in [0.2, 0.25) is 0 Å². The summed E-state index contributed by atoms with van der Waals surface area (Å²) in [5.74, 6) is 1.59. The molecule has 0 aliphatic carbocycles. The second-order valence-electron chi connectivity index (χ2n) is 6.08. The number of benzene rings is 1. The molecular weight excluding hydrogens is 248 g/mol. The van der Waals surface area contributed by atoms with Crippen molar-refractivity contribution in [1.29, 1.82) is 0 Å². The van der Waals surface area contributed by atoms with E-state index in [-0.39, 0.29) is 0 Å². The average molecular weight is 276 g/mol. The largest absolute Gasteiger partial charge is 0.493 e. The van der Waals surface area contributed by atoms with Gasteiger partial charge < -0.3 is 9.47 Å². The van der Waals surface area contributed by atoms with Crippen LogP contribution in [0.2, 0.25) is 0 Å². The molecule has 112 valence electrons. The molecule has 1 aliphatic heterocycles. The van der Waals surface area contributed by atoms with Crippen LogP contribution in [0.25, 0.3) is 0 Å². The fraction of sp³-hybridized carbons (Fsp3) is 0.667. The highest BCUT2D eigenvalue weighted by Gasteiger charge is 2.38. The smallest absolute Gasteiger partial charge is 0.122 e. The number of aryl methyl sites for hydroxylation is 2. The molecule has 1 aliphatic rings. The van der Waals surface area contributed by atoms with Gasteiger partial charge in [-0.3, -0.25) is 0 Å². The van der Waals surface area contributed by atoms with Gasteiger partial charge in [0.25, 0.3) is 0 Å². The van der Waals surface area contributed by atoms with Crippen molar-refractivity contribution in [2.45, 2.75) is 72.0 Å². The van der Waals surface area contributed by atoms with Gasteiger partial charge in [-0.15, -0.1) is 0 Å². The van der Waals surface area contributed by atoms with Crippen LogP contribution in [0.4, 0.5) is 0 Å². The van der Waals surface area contributed by atoms with Gasteiger partial charge in [-0.25, -0.2) is 0 Å². The number of hydrogen-bond donors (Lipinski definition) is 0. The Balaban J connectivity index is 2.05. The molecule has 0 spiro atoms. The van der Waals surface area contributed by atoms with Crippen molar-refractivity contribution in [3.8, 4) is 5.75 Å². The minimum absolute atomic E-state index is 0.478. The SMILES string of the molecule is CCCOc1cc(C)c(C(C)CC2OC2CC)cc1C. The Bertz CT molecular complexity index is 453. The summed E-state index contributed by atoms with van der Waals surface area (Å²) >= 11 is 0. The highest BCUT2D eigenvalue weighted by Crippen LogP contribution is 2.36. The van der Waals surface area contributed by atoms with Crippen LogP contribution in [0.15, 0.2) is 12.1 Å². The maximum Gasteiger partial charge on any atom is 0.122 e. The zero-order chi connectivity index (χ0) is 14.7. The predicted octanol–water partition coefficient (Wildman–Crippen LogP) is 4.76. The van der Waals surface area contributed by atoms with E-state index in [9.17, 15) is 0 Å². The van der Waals surface area contributed by atoms with Crippen molar-refractivity contribution in [3.05, 3.63) is 28.8 Å². The first kappa shape index (κ1) is 15.4. The van der Waals surface area contributed by atoms with Gasteiger partial charge in [0.05, 0.1) is 18.8 Å². The van der Waals surface area contributed by atoms with E-state index in [1.54, 1.807) is 0 Å². The third kappa shape index (κ3) is 3.54. The Morgan fingerprint density at radius 2 is 1.90 bits per heavy atom. The van der Waals surface area contributed by atoms with Gasteiger partial charge in [-0.1, -0.05) is 26.8 Å². The molecule has 0 radical (unpaired) electrons. The Labute approximate surface area is 123 Å². The Hall–Kier alpha value is -1.02. The molecule has 20 heavy (non-hydrogen) atoms. The monoisotopic (exact) mass is 276 g/mol. The van der Waals surface area contributed by atoms with E-state index < -0.39 is 0 Å². The van der Waals surface area contributed by atoms with Crippen LogP contribution in [-0.2, 0) is 4.74 Å². The second kappa shape index (κ2) is 6.62. The standard InChI is InChI=1S/C18H28O2/c1-6-8-19-17-10-12(3)15(9-14(17)5)13(4)11-18-16(7-2)20-18/h9-10,13,16,18H,6-8,11H2,1-5H3. The van der Waals surface area contributed by atoms with Gasteiger partial charge in [-0.05, 0) is 61.8 Å². The van der Waals surface area contributed by atoms with Gasteiger partial charge in [-0.2, -0.15) is 0 Å². The fourth-order valence-corrected chi connectivity index (χ4v) is 2.93. The van der Waals surface area contributed by atoms with Crippen LogP contribution >= 0.6 is 0 Å². The van der Waals surface area contributed by atoms with E-state index in [1.165, 1.54) is 16.7 Å². The zero-order valence-corrected chi connectivity index (χ0v) is 13.5. The molecule has 0 aromatic heterocycles. The normalized spacial score (nSPS) is 22.6. The molecule has 1 aromatic rings. The Morgan fingerprint density at radius 1 is 1.15 bits per heavy atom. The van der Waals surface area contributed by atoms with Crippen LogP contribution in [-0.4, -0.2) is 18.8 Å². The lowest BCUT2D eigenvalue weighted by molar-refractivity contribution is 0.315. The zero-order valence-electron chi connectivity index (χ0n) is 13.5. The summed E-state index contributed by atoms with van der Waals surface area (Å²) in [5.41, 5.74) is 4.02. The summed E-state index contributed by atoms with van der Waals surface area (Å²) < 4.78 is 11.5. The van der Waals surface area contributed by atoms with Crippen molar-refractivity contribution in [2.24, 2.45) is 0 Å². The van der Waals surface area contributed by atoms with E-state index in [1.807, 2.05) is 0 Å². The molecule has 0 bridgehead atoms. The predicted molar refractivity (Wildman–Crippen MR) is 83.7 cm³/mol. The van der Waals surface area contributed by atoms with Crippen molar-refractivity contribution in [1.82, 2.24) is 0 Å². The summed E-state index contributed by atoms with van der Waals surface area (Å²) in [6.07, 6.45) is 4.30. The first-order valence-corrected chi connectivity index (χ1v) is 7.96. The maximum atomic E-state index is 5.80. The number of ether oxygens (including phenoxy) is 2. The molecular formula is C18H28O2. The molecule has 1 fully saturated rings. The van der Waals surface area contributed by atoms with Crippen LogP contribution in [0.3, 0.4) is 0 Å². The molecule has 1 saturated heterocycles. The molecule has 0 amide bonds. The summed E-state index contributed by atoms with van der Waals surface area (Å²) in [4.78, 5) is 0. The highest BCUT2D eigenvalue weighted by molar-refractivity contribution is 5.43. The molecule has 3 unspecified atom stereocenters. The van der Waals surface area contributed by atoms with E-state index in [0.717, 1.165) is 31.6 Å². The molecule has 2 heteroatoms. The first-order valence-electron chi connectivity index (χ1n) is 7.96. The lowest BCUT2D eigenvalue weighted by Crippen LogP contribution is -2.05. The van der Waals surface area contributed by atoms with E-state index in [2.05, 4.69) is 46.8 Å². The number of rotatable bonds is 7. The average Bonchev–Trinajstić information content (AvgIpc) is 3.17. The van der Waals surface area contributed by atoms with Crippen molar-refractivity contribution in [3.63, 3.8) is 0 Å². The summed E-state index contributed by atoms with van der Waals surface area (Å²) in [7, 11) is 0. The summed E-state index contributed by atoms with van der Waals surface area (Å²) in [5, 5.41) is 0. The molecule has 0 saturated carbocycles. The lowest BCUT2D eigenvalue weighted by atomic mass is 9.90. The number of epoxide rings is 1. The minimum atomic E-state index is 0.478. The Kier molecular flexibility index (Phi) is 5.09. The minimum Gasteiger partial charge on any atom is -0.493 e. The third-order valence-corrected chi connectivity index (χ3v) is 4.23. The molecule has 0 N–H and O–H groups in total. The quantitative estimate of drug-likeness (QED) is 0.669. The van der Waals surface area contributed by atoms with E-state index in [0.29, 0.717) is 18.1 Å². The molecule has 1 heterocycles. The number of hydrogen-bond acceptors (Lipinski definition) is 2. The van der Waals surface area contributed by atoms with Crippen molar-refractivity contribution in [2.75, 3.05) is 6.61 Å². The van der Waals surface area contributed by atoms with Crippen LogP contribution in [0.5, 0.6) is 5.75 Å². The van der Waals surface area contributed by atoms with Gasteiger partial charge >= 0.3 is 0 Å². The Morgan fingerprint density at radius 3 is 2.50 bits per heavy atom. The lowest BCUT2D eigenvalue weighted by Gasteiger charge is -2.17. The molecule has 2 nitrogen and oxygen atoms in total. The molecule has 2 rings (SSSR count). The molecule has 3 atom stereocenters. The fourth-order valence-electron chi connectivity index (χ4n) is 2.93. The summed E-state index contributed by atoms with van der Waals surface area (Å²) in [6, 6.07) is 4.50. The summed E-state index contributed by atoms with van der Waals surface area (Å²) in [6.45, 7) is 11.8. The molecule has 1 aromatic carbocycles. The van der Waals surface area contributed by atoms with E-state index >= 15 is 0 Å². The first-order chi connectivity index (χ1) is 9.56. The maximum absolute atomic E-state index is 5.80. The van der Waals surface area contributed by atoms with Crippen LogP contribution in [0, 0.1) is 13.8 Å². The second-order valence-corrected chi connectivity index (χ2v) is 6.08.